The van der Waals surface area contributed by atoms with Crippen molar-refractivity contribution in [3.05, 3.63) is 60.6 Å². The van der Waals surface area contributed by atoms with Gasteiger partial charge < -0.3 is 5.73 Å². The van der Waals surface area contributed by atoms with Gasteiger partial charge in [-0.15, -0.1) is 0 Å². The van der Waals surface area contributed by atoms with Crippen LogP contribution in [0.15, 0.2) is 55.0 Å². The molecular formula is C14H11N3O. The fourth-order valence-corrected chi connectivity index (χ4v) is 1.99. The molecule has 3 aromatic rings. The molecule has 4 heteroatoms. The smallest absolute Gasteiger partial charge is 0.248 e. The summed E-state index contributed by atoms with van der Waals surface area (Å²) in [5.74, 6) is -0.414. The first kappa shape index (κ1) is 10.5. The average molecular weight is 237 g/mol. The van der Waals surface area contributed by atoms with E-state index in [-0.39, 0.29) is 0 Å². The first-order valence-electron chi connectivity index (χ1n) is 5.57. The van der Waals surface area contributed by atoms with Crippen LogP contribution in [0.4, 0.5) is 0 Å². The van der Waals surface area contributed by atoms with Crippen LogP contribution < -0.4 is 5.73 Å². The highest BCUT2D eigenvalue weighted by Crippen LogP contribution is 2.21. The Hall–Kier alpha value is -2.62. The molecule has 0 aliphatic carbocycles. The first-order chi connectivity index (χ1) is 8.75. The van der Waals surface area contributed by atoms with E-state index in [2.05, 4.69) is 4.98 Å². The number of carbonyl (C=O) groups excluding carboxylic acids is 1. The highest BCUT2D eigenvalue weighted by molar-refractivity contribution is 5.93. The molecule has 0 aliphatic heterocycles. The number of primary amides is 1. The standard InChI is InChI=1S/C14H11N3O/c15-14(18)11-6-4-10(5-7-11)13-3-1-2-12-8-16-9-17(12)13/h1-9H,(H2,15,18). The van der Waals surface area contributed by atoms with Gasteiger partial charge in [0.25, 0.3) is 0 Å². The quantitative estimate of drug-likeness (QED) is 0.742. The van der Waals surface area contributed by atoms with Gasteiger partial charge in [0.2, 0.25) is 5.91 Å². The number of benzene rings is 1. The maximum atomic E-state index is 11.0. The molecule has 0 atom stereocenters. The van der Waals surface area contributed by atoms with Crippen molar-refractivity contribution in [3.63, 3.8) is 0 Å². The van der Waals surface area contributed by atoms with Gasteiger partial charge in [-0.2, -0.15) is 0 Å². The van der Waals surface area contributed by atoms with Gasteiger partial charge >= 0.3 is 0 Å². The lowest BCUT2D eigenvalue weighted by Crippen LogP contribution is -2.10. The summed E-state index contributed by atoms with van der Waals surface area (Å²) in [6.07, 6.45) is 3.58. The fourth-order valence-electron chi connectivity index (χ4n) is 1.99. The monoisotopic (exact) mass is 237 g/mol. The average Bonchev–Trinajstić information content (AvgIpc) is 2.87. The van der Waals surface area contributed by atoms with Crippen LogP contribution in [0.2, 0.25) is 0 Å². The molecular weight excluding hydrogens is 226 g/mol. The second-order valence-corrected chi connectivity index (χ2v) is 4.04. The molecule has 2 aromatic heterocycles. The number of imidazole rings is 1. The second-order valence-electron chi connectivity index (χ2n) is 4.04. The third-order valence-electron chi connectivity index (χ3n) is 2.91. The first-order valence-corrected chi connectivity index (χ1v) is 5.57. The van der Waals surface area contributed by atoms with E-state index in [0.717, 1.165) is 16.8 Å². The highest BCUT2D eigenvalue weighted by Gasteiger charge is 2.04. The van der Waals surface area contributed by atoms with E-state index in [0.29, 0.717) is 5.56 Å². The summed E-state index contributed by atoms with van der Waals surface area (Å²) < 4.78 is 2.00. The van der Waals surface area contributed by atoms with Crippen LogP contribution in [0.1, 0.15) is 10.4 Å². The molecule has 0 bridgehead atoms. The Morgan fingerprint density at radius 3 is 2.61 bits per heavy atom. The van der Waals surface area contributed by atoms with Crippen molar-refractivity contribution >= 4 is 11.4 Å². The van der Waals surface area contributed by atoms with Crippen LogP contribution >= 0.6 is 0 Å². The molecule has 0 spiro atoms. The van der Waals surface area contributed by atoms with E-state index in [4.69, 9.17) is 5.73 Å². The van der Waals surface area contributed by atoms with Crippen molar-refractivity contribution in [3.8, 4) is 11.3 Å². The van der Waals surface area contributed by atoms with Gasteiger partial charge in [0.1, 0.15) is 0 Å². The predicted octanol–water partition coefficient (Wildman–Crippen LogP) is 2.10. The van der Waals surface area contributed by atoms with E-state index < -0.39 is 5.91 Å². The lowest BCUT2D eigenvalue weighted by molar-refractivity contribution is 0.100. The van der Waals surface area contributed by atoms with E-state index in [1.54, 1.807) is 24.7 Å². The molecule has 88 valence electrons. The molecule has 0 unspecified atom stereocenters. The molecule has 0 saturated carbocycles. The number of carbonyl (C=O) groups is 1. The number of fused-ring (bicyclic) bond motifs is 1. The Labute approximate surface area is 104 Å². The fraction of sp³-hybridized carbons (Fsp3) is 0. The number of hydrogen-bond donors (Lipinski definition) is 1. The lowest BCUT2D eigenvalue weighted by Gasteiger charge is -2.06. The van der Waals surface area contributed by atoms with Gasteiger partial charge in [-0.3, -0.25) is 9.20 Å². The van der Waals surface area contributed by atoms with Crippen LogP contribution in [0.25, 0.3) is 16.8 Å². The zero-order valence-corrected chi connectivity index (χ0v) is 9.58. The lowest BCUT2D eigenvalue weighted by atomic mass is 10.1. The van der Waals surface area contributed by atoms with Gasteiger partial charge in [-0.1, -0.05) is 18.2 Å². The number of nitrogens with two attached hydrogens (primary N) is 1. The zero-order valence-electron chi connectivity index (χ0n) is 9.58. The topological polar surface area (TPSA) is 60.4 Å². The zero-order chi connectivity index (χ0) is 12.5. The molecule has 0 saturated heterocycles. The molecule has 3 rings (SSSR count). The number of rotatable bonds is 2. The number of aromatic nitrogens is 2. The summed E-state index contributed by atoms with van der Waals surface area (Å²) in [5.41, 5.74) is 8.81. The Kier molecular flexibility index (Phi) is 2.34. The van der Waals surface area contributed by atoms with Crippen molar-refractivity contribution in [1.29, 1.82) is 0 Å². The van der Waals surface area contributed by atoms with Gasteiger partial charge in [0.15, 0.2) is 0 Å². The van der Waals surface area contributed by atoms with E-state index in [1.165, 1.54) is 0 Å². The van der Waals surface area contributed by atoms with Crippen LogP contribution in [0.3, 0.4) is 0 Å². The van der Waals surface area contributed by atoms with Gasteiger partial charge in [-0.25, -0.2) is 4.98 Å². The summed E-state index contributed by atoms with van der Waals surface area (Å²) >= 11 is 0. The van der Waals surface area contributed by atoms with Gasteiger partial charge in [-0.05, 0) is 29.8 Å². The van der Waals surface area contributed by atoms with E-state index in [9.17, 15) is 4.79 Å². The summed E-state index contributed by atoms with van der Waals surface area (Å²) in [6, 6.07) is 13.2. The van der Waals surface area contributed by atoms with Gasteiger partial charge in [0, 0.05) is 5.56 Å². The second kappa shape index (κ2) is 4.00. The molecule has 2 N–H and O–H groups in total. The van der Waals surface area contributed by atoms with Crippen molar-refractivity contribution in [2.45, 2.75) is 0 Å². The number of nitrogens with zero attached hydrogens (tertiary/aromatic N) is 2. The Morgan fingerprint density at radius 1 is 1.11 bits per heavy atom. The Balaban J connectivity index is 2.14. The van der Waals surface area contributed by atoms with Crippen LogP contribution in [-0.2, 0) is 0 Å². The minimum Gasteiger partial charge on any atom is -0.366 e. The van der Waals surface area contributed by atoms with Crippen LogP contribution in [0, 0.1) is 0 Å². The van der Waals surface area contributed by atoms with Crippen molar-refractivity contribution < 1.29 is 4.79 Å². The van der Waals surface area contributed by atoms with Crippen molar-refractivity contribution in [2.24, 2.45) is 5.73 Å². The molecule has 0 radical (unpaired) electrons. The maximum absolute atomic E-state index is 11.0. The molecule has 2 heterocycles. The molecule has 1 amide bonds. The summed E-state index contributed by atoms with van der Waals surface area (Å²) in [6.45, 7) is 0. The van der Waals surface area contributed by atoms with Crippen LogP contribution in [-0.4, -0.2) is 15.3 Å². The van der Waals surface area contributed by atoms with Crippen molar-refractivity contribution in [2.75, 3.05) is 0 Å². The van der Waals surface area contributed by atoms with E-state index in [1.807, 2.05) is 34.7 Å². The SMILES string of the molecule is NC(=O)c1ccc(-c2cccc3cncn23)cc1. The number of hydrogen-bond acceptors (Lipinski definition) is 2. The number of amides is 1. The Bertz CT molecular complexity index is 713. The summed E-state index contributed by atoms with van der Waals surface area (Å²) in [5, 5.41) is 0. The number of pyridine rings is 1. The molecule has 0 fully saturated rings. The van der Waals surface area contributed by atoms with E-state index >= 15 is 0 Å². The minimum atomic E-state index is -0.414. The molecule has 1 aromatic carbocycles. The highest BCUT2D eigenvalue weighted by atomic mass is 16.1. The predicted molar refractivity (Wildman–Crippen MR) is 69.1 cm³/mol. The van der Waals surface area contributed by atoms with Crippen LogP contribution in [0.5, 0.6) is 0 Å². The summed E-state index contributed by atoms with van der Waals surface area (Å²) in [7, 11) is 0. The molecule has 18 heavy (non-hydrogen) atoms. The third kappa shape index (κ3) is 1.64. The molecule has 4 nitrogen and oxygen atoms in total. The van der Waals surface area contributed by atoms with Crippen molar-refractivity contribution in [1.82, 2.24) is 9.38 Å². The maximum Gasteiger partial charge on any atom is 0.248 e. The van der Waals surface area contributed by atoms with Gasteiger partial charge in [0.05, 0.1) is 23.7 Å². The summed E-state index contributed by atoms with van der Waals surface area (Å²) in [4.78, 5) is 15.1. The third-order valence-corrected chi connectivity index (χ3v) is 2.91. The minimum absolute atomic E-state index is 0.414. The Morgan fingerprint density at radius 2 is 1.89 bits per heavy atom. The molecule has 0 aliphatic rings. The normalized spacial score (nSPS) is 10.7. The largest absolute Gasteiger partial charge is 0.366 e.